The smallest absolute Gasteiger partial charge is 0.256 e. The number of nitrogens with zero attached hydrogens (tertiary/aromatic N) is 4. The fourth-order valence-corrected chi connectivity index (χ4v) is 3.71. The maximum Gasteiger partial charge on any atom is 0.256 e. The van der Waals surface area contributed by atoms with Crippen LogP contribution in [0.2, 0.25) is 0 Å². The summed E-state index contributed by atoms with van der Waals surface area (Å²) < 4.78 is 15.6. The van der Waals surface area contributed by atoms with Crippen LogP contribution in [-0.4, -0.2) is 31.9 Å². The van der Waals surface area contributed by atoms with Crippen LogP contribution in [0.4, 0.5) is 4.39 Å². The lowest BCUT2D eigenvalue weighted by Gasteiger charge is -2.30. The molecule has 1 amide bonds. The number of carbonyl (C=O) groups excluding carboxylic acids is 1. The van der Waals surface area contributed by atoms with Crippen molar-refractivity contribution in [3.63, 3.8) is 0 Å². The summed E-state index contributed by atoms with van der Waals surface area (Å²) in [5, 5.41) is 0. The Balaban J connectivity index is 1.70. The van der Waals surface area contributed by atoms with Gasteiger partial charge in [-0.05, 0) is 36.6 Å². The summed E-state index contributed by atoms with van der Waals surface area (Å²) in [6.45, 7) is 0.667. The Morgan fingerprint density at radius 1 is 1.19 bits per heavy atom. The monoisotopic (exact) mass is 352 g/mol. The number of aryl methyl sites for hydroxylation is 1. The van der Waals surface area contributed by atoms with E-state index in [9.17, 15) is 9.18 Å². The first-order chi connectivity index (χ1) is 12.6. The minimum absolute atomic E-state index is 0.0683. The summed E-state index contributed by atoms with van der Waals surface area (Å²) in [6, 6.07) is 8.26. The van der Waals surface area contributed by atoms with E-state index in [0.717, 1.165) is 36.9 Å². The van der Waals surface area contributed by atoms with Gasteiger partial charge in [0.2, 0.25) is 0 Å². The number of imidazole rings is 1. The number of aromatic nitrogens is 3. The molecule has 26 heavy (non-hydrogen) atoms. The second kappa shape index (κ2) is 6.86. The minimum Gasteiger partial charge on any atom is -0.332 e. The van der Waals surface area contributed by atoms with Crippen LogP contribution in [-0.2, 0) is 7.05 Å². The van der Waals surface area contributed by atoms with Gasteiger partial charge < -0.3 is 9.47 Å². The average molecular weight is 352 g/mol. The highest BCUT2D eigenvalue weighted by molar-refractivity contribution is 5.96. The molecule has 1 aliphatic heterocycles. The zero-order chi connectivity index (χ0) is 18.1. The van der Waals surface area contributed by atoms with Gasteiger partial charge >= 0.3 is 0 Å². The van der Waals surface area contributed by atoms with Gasteiger partial charge in [0, 0.05) is 19.8 Å². The van der Waals surface area contributed by atoms with Gasteiger partial charge in [0.15, 0.2) is 5.65 Å². The third-order valence-electron chi connectivity index (χ3n) is 5.05. The second-order valence-electron chi connectivity index (χ2n) is 6.84. The van der Waals surface area contributed by atoms with E-state index in [2.05, 4.69) is 9.97 Å². The molecule has 1 saturated heterocycles. The first-order valence-electron chi connectivity index (χ1n) is 8.97. The lowest BCUT2D eigenvalue weighted by atomic mass is 10.00. The number of hydrogen-bond donors (Lipinski definition) is 0. The van der Waals surface area contributed by atoms with Gasteiger partial charge in [0.1, 0.15) is 11.3 Å². The summed E-state index contributed by atoms with van der Waals surface area (Å²) in [6.07, 6.45) is 7.20. The van der Waals surface area contributed by atoms with Gasteiger partial charge in [-0.3, -0.25) is 4.79 Å². The van der Waals surface area contributed by atoms with Crippen LogP contribution < -0.4 is 0 Å². The topological polar surface area (TPSA) is 51.0 Å². The zero-order valence-electron chi connectivity index (χ0n) is 14.7. The number of likely N-dealkylation sites (tertiary alicyclic amines) is 1. The quantitative estimate of drug-likeness (QED) is 0.704. The molecule has 1 fully saturated rings. The second-order valence-corrected chi connectivity index (χ2v) is 6.84. The molecule has 0 N–H and O–H groups in total. The third-order valence-corrected chi connectivity index (χ3v) is 5.05. The Hall–Kier alpha value is -2.76. The van der Waals surface area contributed by atoms with Crippen LogP contribution in [0.1, 0.15) is 47.6 Å². The molecule has 0 bridgehead atoms. The fraction of sp³-hybridized carbons (Fsp3) is 0.350. The zero-order valence-corrected chi connectivity index (χ0v) is 14.7. The van der Waals surface area contributed by atoms with Gasteiger partial charge in [-0.2, -0.15) is 0 Å². The van der Waals surface area contributed by atoms with Crippen molar-refractivity contribution in [2.75, 3.05) is 6.54 Å². The van der Waals surface area contributed by atoms with Gasteiger partial charge in [-0.1, -0.05) is 25.0 Å². The predicted octanol–water partition coefficient (Wildman–Crippen LogP) is 3.86. The van der Waals surface area contributed by atoms with E-state index >= 15 is 0 Å². The number of pyridine rings is 1. The van der Waals surface area contributed by atoms with Crippen molar-refractivity contribution in [1.82, 2.24) is 19.4 Å². The SMILES string of the molecule is Cn1cnc2cc(C(=O)N3CCCCCC3c3cccc(F)c3)cnc21. The molecule has 1 atom stereocenters. The largest absolute Gasteiger partial charge is 0.332 e. The number of fused-ring (bicyclic) bond motifs is 1. The fourth-order valence-electron chi connectivity index (χ4n) is 3.71. The number of rotatable bonds is 2. The average Bonchev–Trinajstić information content (AvgIpc) is 2.87. The molecule has 0 aliphatic carbocycles. The highest BCUT2D eigenvalue weighted by Gasteiger charge is 2.28. The lowest BCUT2D eigenvalue weighted by molar-refractivity contribution is 0.0680. The van der Waals surface area contributed by atoms with Crippen LogP contribution in [0.5, 0.6) is 0 Å². The normalized spacial score (nSPS) is 18.1. The van der Waals surface area contributed by atoms with E-state index in [-0.39, 0.29) is 17.8 Å². The molecule has 1 aliphatic rings. The molecule has 0 saturated carbocycles. The number of carbonyl (C=O) groups is 1. The van der Waals surface area contributed by atoms with Crippen molar-refractivity contribution in [3.05, 3.63) is 59.8 Å². The molecule has 0 spiro atoms. The van der Waals surface area contributed by atoms with E-state index in [1.807, 2.05) is 22.6 Å². The predicted molar refractivity (Wildman–Crippen MR) is 97.2 cm³/mol. The van der Waals surface area contributed by atoms with Gasteiger partial charge in [0.05, 0.1) is 17.9 Å². The van der Waals surface area contributed by atoms with E-state index in [4.69, 9.17) is 0 Å². The molecular formula is C20H21FN4O. The molecule has 134 valence electrons. The van der Waals surface area contributed by atoms with Crippen molar-refractivity contribution in [1.29, 1.82) is 0 Å². The summed E-state index contributed by atoms with van der Waals surface area (Å²) in [7, 11) is 1.87. The number of hydrogen-bond acceptors (Lipinski definition) is 3. The van der Waals surface area contributed by atoms with Crippen molar-refractivity contribution >= 4 is 17.1 Å². The van der Waals surface area contributed by atoms with E-state index in [0.29, 0.717) is 17.6 Å². The third kappa shape index (κ3) is 3.07. The summed E-state index contributed by atoms with van der Waals surface area (Å²) in [4.78, 5) is 23.8. The van der Waals surface area contributed by atoms with Gasteiger partial charge in [0.25, 0.3) is 5.91 Å². The molecule has 6 heteroatoms. The molecule has 0 radical (unpaired) electrons. The first-order valence-corrected chi connectivity index (χ1v) is 8.97. The molecule has 4 rings (SSSR count). The number of halogens is 1. The molecule has 2 aromatic heterocycles. The summed E-state index contributed by atoms with van der Waals surface area (Å²) in [5.41, 5.74) is 2.83. The van der Waals surface area contributed by atoms with E-state index < -0.39 is 0 Å². The van der Waals surface area contributed by atoms with Crippen LogP contribution in [0.15, 0.2) is 42.9 Å². The maximum absolute atomic E-state index is 13.7. The molecule has 1 aromatic carbocycles. The Labute approximate surface area is 151 Å². The van der Waals surface area contributed by atoms with E-state index in [1.54, 1.807) is 24.7 Å². The van der Waals surface area contributed by atoms with Crippen molar-refractivity contribution in [3.8, 4) is 0 Å². The van der Waals surface area contributed by atoms with Crippen molar-refractivity contribution < 1.29 is 9.18 Å². The molecular weight excluding hydrogens is 331 g/mol. The van der Waals surface area contributed by atoms with Crippen molar-refractivity contribution in [2.24, 2.45) is 7.05 Å². The summed E-state index contributed by atoms with van der Waals surface area (Å²) >= 11 is 0. The molecule has 1 unspecified atom stereocenters. The van der Waals surface area contributed by atoms with Crippen LogP contribution >= 0.6 is 0 Å². The molecule has 3 heterocycles. The van der Waals surface area contributed by atoms with Crippen LogP contribution in [0.3, 0.4) is 0 Å². The number of amides is 1. The Kier molecular flexibility index (Phi) is 4.41. The standard InChI is InChI=1S/C20H21FN4O/c1-24-13-23-17-11-15(12-22-19(17)24)20(26)25-9-4-2-3-8-18(25)14-6-5-7-16(21)10-14/h5-7,10-13,18H,2-4,8-9H2,1H3. The summed E-state index contributed by atoms with van der Waals surface area (Å²) in [5.74, 6) is -0.336. The Bertz CT molecular complexity index is 952. The lowest BCUT2D eigenvalue weighted by Crippen LogP contribution is -2.35. The van der Waals surface area contributed by atoms with Crippen LogP contribution in [0.25, 0.3) is 11.2 Å². The Morgan fingerprint density at radius 3 is 2.92 bits per heavy atom. The van der Waals surface area contributed by atoms with Gasteiger partial charge in [-0.25, -0.2) is 14.4 Å². The first kappa shape index (κ1) is 16.7. The molecule has 5 nitrogen and oxygen atoms in total. The van der Waals surface area contributed by atoms with Crippen LogP contribution in [0, 0.1) is 5.82 Å². The van der Waals surface area contributed by atoms with Crippen molar-refractivity contribution in [2.45, 2.75) is 31.7 Å². The molecule has 3 aromatic rings. The van der Waals surface area contributed by atoms with E-state index in [1.165, 1.54) is 12.1 Å². The highest BCUT2D eigenvalue weighted by atomic mass is 19.1. The van der Waals surface area contributed by atoms with Gasteiger partial charge in [-0.15, -0.1) is 0 Å². The number of benzene rings is 1. The Morgan fingerprint density at radius 2 is 2.08 bits per heavy atom. The maximum atomic E-state index is 13.7. The minimum atomic E-state index is -0.268. The highest BCUT2D eigenvalue weighted by Crippen LogP contribution is 2.32.